The predicted octanol–water partition coefficient (Wildman–Crippen LogP) is 5.11. The van der Waals surface area contributed by atoms with Crippen LogP contribution in [0.5, 0.6) is 0 Å². The lowest BCUT2D eigenvalue weighted by Gasteiger charge is -2.29. The first-order chi connectivity index (χ1) is 13.2. The number of pyridine rings is 1. The minimum atomic E-state index is 0.673. The number of aromatic nitrogens is 1. The van der Waals surface area contributed by atoms with E-state index in [9.17, 15) is 0 Å². The van der Waals surface area contributed by atoms with Crippen molar-refractivity contribution in [2.45, 2.75) is 19.3 Å². The highest BCUT2D eigenvalue weighted by atomic mass is 15.2. The van der Waals surface area contributed by atoms with Crippen LogP contribution in [0.25, 0.3) is 22.3 Å². The van der Waals surface area contributed by atoms with Crippen molar-refractivity contribution in [2.24, 2.45) is 0 Å². The molecule has 3 heterocycles. The van der Waals surface area contributed by atoms with Gasteiger partial charge < -0.3 is 4.90 Å². The number of benzene rings is 2. The van der Waals surface area contributed by atoms with Gasteiger partial charge >= 0.3 is 0 Å². The van der Waals surface area contributed by atoms with Crippen molar-refractivity contribution in [3.05, 3.63) is 83.8 Å². The Labute approximate surface area is 159 Å². The van der Waals surface area contributed by atoms with E-state index in [1.807, 2.05) is 36.7 Å². The fourth-order valence-electron chi connectivity index (χ4n) is 4.22. The van der Waals surface area contributed by atoms with E-state index < -0.39 is 0 Å². The molecule has 0 amide bonds. The third-order valence-corrected chi connectivity index (χ3v) is 5.63. The minimum Gasteiger partial charge on any atom is -0.345 e. The number of anilines is 1. The summed E-state index contributed by atoms with van der Waals surface area (Å²) in [6.07, 6.45) is 7.01. The Morgan fingerprint density at radius 2 is 1.56 bits per heavy atom. The molecule has 2 aromatic carbocycles. The van der Waals surface area contributed by atoms with Crippen LogP contribution in [0.3, 0.4) is 0 Å². The van der Waals surface area contributed by atoms with Crippen molar-refractivity contribution in [1.29, 1.82) is 5.26 Å². The van der Waals surface area contributed by atoms with Gasteiger partial charge in [0.05, 0.1) is 11.6 Å². The molecule has 3 heteroatoms. The molecule has 0 saturated carbocycles. The van der Waals surface area contributed by atoms with E-state index in [-0.39, 0.29) is 0 Å². The van der Waals surface area contributed by atoms with Crippen LogP contribution < -0.4 is 4.90 Å². The quantitative estimate of drug-likeness (QED) is 0.645. The Morgan fingerprint density at radius 3 is 2.30 bits per heavy atom. The number of rotatable bonds is 2. The summed E-state index contributed by atoms with van der Waals surface area (Å²) in [6.45, 7) is 5.28. The Bertz CT molecular complexity index is 1100. The van der Waals surface area contributed by atoms with Crippen LogP contribution in [0, 0.1) is 11.3 Å². The molecule has 2 aliphatic heterocycles. The molecule has 0 radical (unpaired) electrons. The highest BCUT2D eigenvalue weighted by molar-refractivity contribution is 5.78. The van der Waals surface area contributed by atoms with E-state index >= 15 is 0 Å². The molecular weight excluding hydrogens is 330 g/mol. The van der Waals surface area contributed by atoms with E-state index in [1.165, 1.54) is 28.1 Å². The SMILES string of the molecule is C=C1CCc2cc(-c3cncc(-c4ccc(C#N)cc4)c3)cc3c2N1CC3. The number of allylic oxidation sites excluding steroid dienone is 1. The molecule has 130 valence electrons. The monoisotopic (exact) mass is 349 g/mol. The topological polar surface area (TPSA) is 39.9 Å². The van der Waals surface area contributed by atoms with E-state index in [2.05, 4.69) is 40.7 Å². The number of nitrogens with zero attached hydrogens (tertiary/aromatic N) is 3. The molecule has 0 fully saturated rings. The first-order valence-electron chi connectivity index (χ1n) is 9.30. The van der Waals surface area contributed by atoms with Gasteiger partial charge in [-0.15, -0.1) is 0 Å². The minimum absolute atomic E-state index is 0.673. The van der Waals surface area contributed by atoms with Crippen LogP contribution in [-0.2, 0) is 12.8 Å². The first-order valence-corrected chi connectivity index (χ1v) is 9.30. The molecule has 0 N–H and O–H groups in total. The molecule has 3 aromatic rings. The van der Waals surface area contributed by atoms with E-state index in [0.717, 1.165) is 42.5 Å². The zero-order valence-corrected chi connectivity index (χ0v) is 15.1. The second-order valence-electron chi connectivity index (χ2n) is 7.26. The highest BCUT2D eigenvalue weighted by Gasteiger charge is 2.28. The summed E-state index contributed by atoms with van der Waals surface area (Å²) < 4.78 is 0. The summed E-state index contributed by atoms with van der Waals surface area (Å²) in [5.41, 5.74) is 10.7. The van der Waals surface area contributed by atoms with Gasteiger partial charge in [-0.2, -0.15) is 5.26 Å². The number of hydrogen-bond acceptors (Lipinski definition) is 3. The van der Waals surface area contributed by atoms with Crippen molar-refractivity contribution < 1.29 is 0 Å². The standard InChI is InChI=1S/C24H19N3/c1-16-2-5-19-10-21(11-20-8-9-27(16)24(19)20)23-12-22(14-26-15-23)18-6-3-17(13-25)4-7-18/h3-4,6-7,10-12,14-15H,1-2,5,8-9H2. The Morgan fingerprint density at radius 1 is 0.852 bits per heavy atom. The van der Waals surface area contributed by atoms with Crippen molar-refractivity contribution in [1.82, 2.24) is 4.98 Å². The van der Waals surface area contributed by atoms with Crippen LogP contribution in [0.4, 0.5) is 5.69 Å². The van der Waals surface area contributed by atoms with Gasteiger partial charge in [-0.05, 0) is 71.8 Å². The smallest absolute Gasteiger partial charge is 0.0991 e. The average Bonchev–Trinajstić information content (AvgIpc) is 3.16. The summed E-state index contributed by atoms with van der Waals surface area (Å²) in [5.74, 6) is 0. The molecule has 0 unspecified atom stereocenters. The zero-order valence-electron chi connectivity index (χ0n) is 15.1. The molecule has 27 heavy (non-hydrogen) atoms. The van der Waals surface area contributed by atoms with Gasteiger partial charge in [0.15, 0.2) is 0 Å². The number of hydrogen-bond donors (Lipinski definition) is 0. The molecule has 0 saturated heterocycles. The lowest BCUT2D eigenvalue weighted by atomic mass is 9.93. The Balaban J connectivity index is 1.56. The maximum atomic E-state index is 8.99. The molecule has 0 spiro atoms. The molecule has 0 aliphatic carbocycles. The largest absolute Gasteiger partial charge is 0.345 e. The molecular formula is C24H19N3. The van der Waals surface area contributed by atoms with Gasteiger partial charge in [0.2, 0.25) is 0 Å². The van der Waals surface area contributed by atoms with Crippen molar-refractivity contribution in [3.8, 4) is 28.3 Å². The summed E-state index contributed by atoms with van der Waals surface area (Å²) in [7, 11) is 0. The molecule has 3 nitrogen and oxygen atoms in total. The molecule has 0 bridgehead atoms. The average molecular weight is 349 g/mol. The maximum absolute atomic E-state index is 8.99. The third kappa shape index (κ3) is 2.62. The Kier molecular flexibility index (Phi) is 3.58. The van der Waals surface area contributed by atoms with Crippen molar-refractivity contribution in [2.75, 3.05) is 11.4 Å². The lowest BCUT2D eigenvalue weighted by Crippen LogP contribution is -2.23. The van der Waals surface area contributed by atoms with Crippen molar-refractivity contribution >= 4 is 5.69 Å². The van der Waals surface area contributed by atoms with Crippen LogP contribution in [-0.4, -0.2) is 11.5 Å². The van der Waals surface area contributed by atoms with Gasteiger partial charge in [0, 0.05) is 41.4 Å². The molecule has 1 aromatic heterocycles. The van der Waals surface area contributed by atoms with E-state index in [4.69, 9.17) is 5.26 Å². The number of nitriles is 1. The summed E-state index contributed by atoms with van der Waals surface area (Å²) >= 11 is 0. The molecule has 0 atom stereocenters. The van der Waals surface area contributed by atoms with Crippen LogP contribution >= 0.6 is 0 Å². The van der Waals surface area contributed by atoms with Gasteiger partial charge in [0.1, 0.15) is 0 Å². The predicted molar refractivity (Wildman–Crippen MR) is 108 cm³/mol. The van der Waals surface area contributed by atoms with Crippen LogP contribution in [0.15, 0.2) is 67.1 Å². The summed E-state index contributed by atoms with van der Waals surface area (Å²) in [4.78, 5) is 6.87. The number of aryl methyl sites for hydroxylation is 1. The third-order valence-electron chi connectivity index (χ3n) is 5.63. The fraction of sp³-hybridized carbons (Fsp3) is 0.167. The summed E-state index contributed by atoms with van der Waals surface area (Å²) in [5, 5.41) is 8.99. The maximum Gasteiger partial charge on any atom is 0.0991 e. The van der Waals surface area contributed by atoms with Gasteiger partial charge in [-0.1, -0.05) is 18.7 Å². The van der Waals surface area contributed by atoms with E-state index in [0.29, 0.717) is 5.56 Å². The van der Waals surface area contributed by atoms with Crippen LogP contribution in [0.2, 0.25) is 0 Å². The lowest BCUT2D eigenvalue weighted by molar-refractivity contribution is 0.815. The second-order valence-corrected chi connectivity index (χ2v) is 7.26. The summed E-state index contributed by atoms with van der Waals surface area (Å²) in [6, 6.07) is 16.7. The normalized spacial score (nSPS) is 14.8. The van der Waals surface area contributed by atoms with Gasteiger partial charge in [0.25, 0.3) is 0 Å². The second kappa shape index (κ2) is 6.10. The zero-order chi connectivity index (χ0) is 18.4. The Hall–Kier alpha value is -3.38. The van der Waals surface area contributed by atoms with Gasteiger partial charge in [-0.25, -0.2) is 0 Å². The first kappa shape index (κ1) is 15.8. The molecule has 2 aliphatic rings. The van der Waals surface area contributed by atoms with Gasteiger partial charge in [-0.3, -0.25) is 4.98 Å². The fourth-order valence-corrected chi connectivity index (χ4v) is 4.22. The van der Waals surface area contributed by atoms with Crippen LogP contribution in [0.1, 0.15) is 23.1 Å². The van der Waals surface area contributed by atoms with Crippen molar-refractivity contribution in [3.63, 3.8) is 0 Å². The van der Waals surface area contributed by atoms with E-state index in [1.54, 1.807) is 0 Å². The molecule has 5 rings (SSSR count). The highest BCUT2D eigenvalue weighted by Crippen LogP contribution is 2.42.